The fourth-order valence-corrected chi connectivity index (χ4v) is 5.29. The summed E-state index contributed by atoms with van der Waals surface area (Å²) in [5, 5.41) is 16.7. The number of benzene rings is 2. The van der Waals surface area contributed by atoms with E-state index >= 15 is 0 Å². The van der Waals surface area contributed by atoms with Crippen molar-refractivity contribution in [3.8, 4) is 0 Å². The van der Waals surface area contributed by atoms with Crippen LogP contribution in [0.2, 0.25) is 18.1 Å². The molecule has 2 aromatic carbocycles. The Morgan fingerprint density at radius 2 is 1.74 bits per heavy atom. The van der Waals surface area contributed by atoms with Crippen molar-refractivity contribution in [2.24, 2.45) is 5.92 Å². The average molecular weight is 556 g/mol. The van der Waals surface area contributed by atoms with Gasteiger partial charge in [0, 0.05) is 24.9 Å². The maximum Gasteiger partial charge on any atom is 0.407 e. The lowest BCUT2D eigenvalue weighted by molar-refractivity contribution is -0.119. The van der Waals surface area contributed by atoms with Gasteiger partial charge in [-0.2, -0.15) is 0 Å². The van der Waals surface area contributed by atoms with Gasteiger partial charge in [0.2, 0.25) is 5.91 Å². The fourth-order valence-electron chi connectivity index (χ4n) is 4.24. The van der Waals surface area contributed by atoms with E-state index in [0.29, 0.717) is 30.0 Å². The number of alkyl carbamates (subject to hydrolysis) is 1. The van der Waals surface area contributed by atoms with Crippen LogP contribution in [-0.4, -0.2) is 50.7 Å². The van der Waals surface area contributed by atoms with Crippen LogP contribution in [0.15, 0.2) is 48.5 Å². The number of hydrogen-bond acceptors (Lipinski definition) is 6. The second kappa shape index (κ2) is 12.3. The molecule has 0 aliphatic carbocycles. The number of fused-ring (bicyclic) bond motifs is 1. The molecule has 1 heterocycles. The largest absolute Gasteiger partial charge is 0.445 e. The van der Waals surface area contributed by atoms with Crippen LogP contribution >= 0.6 is 0 Å². The topological polar surface area (TPSA) is 117 Å². The molecule has 9 nitrogen and oxygen atoms in total. The molecule has 3 amide bonds. The van der Waals surface area contributed by atoms with E-state index in [4.69, 9.17) is 9.16 Å². The Morgan fingerprint density at radius 1 is 1.08 bits per heavy atom. The van der Waals surface area contributed by atoms with E-state index < -0.39 is 32.6 Å². The van der Waals surface area contributed by atoms with Crippen LogP contribution in [0.3, 0.4) is 0 Å². The van der Waals surface area contributed by atoms with E-state index in [0.717, 1.165) is 5.56 Å². The van der Waals surface area contributed by atoms with E-state index in [1.54, 1.807) is 25.1 Å². The maximum absolute atomic E-state index is 13.0. The minimum atomic E-state index is -1.93. The van der Waals surface area contributed by atoms with Gasteiger partial charge in [0.1, 0.15) is 12.8 Å². The van der Waals surface area contributed by atoms with Crippen LogP contribution in [-0.2, 0) is 20.6 Å². The average Bonchev–Trinajstić information content (AvgIpc) is 2.87. The van der Waals surface area contributed by atoms with Crippen molar-refractivity contribution in [1.82, 2.24) is 10.6 Å². The molecule has 0 radical (unpaired) electrons. The standard InChI is InChI=1S/C29H41N3O6Si/c1-19-25(31-28(36)37-18-21-11-9-8-10-12-21)23-17-22(13-14-24(23)32(20(2)33)27(19)35)26(34)30-15-16-38-39(6,7)29(3,4)5/h8-14,17,19,25,27,35H,15-16,18H2,1-7H3,(H,30,34)(H,31,36). The summed E-state index contributed by atoms with van der Waals surface area (Å²) in [7, 11) is -1.93. The monoisotopic (exact) mass is 555 g/mol. The van der Waals surface area contributed by atoms with Crippen LogP contribution in [0.5, 0.6) is 0 Å². The predicted octanol–water partition coefficient (Wildman–Crippen LogP) is 4.73. The normalized spacial score (nSPS) is 19.2. The van der Waals surface area contributed by atoms with Crippen molar-refractivity contribution in [3.05, 3.63) is 65.2 Å². The first-order valence-corrected chi connectivity index (χ1v) is 16.1. The number of nitrogens with zero attached hydrogens (tertiary/aromatic N) is 1. The third-order valence-corrected chi connectivity index (χ3v) is 12.2. The van der Waals surface area contributed by atoms with Crippen LogP contribution in [0.1, 0.15) is 62.1 Å². The number of rotatable bonds is 8. The number of ether oxygens (including phenoxy) is 1. The quantitative estimate of drug-likeness (QED) is 0.320. The maximum atomic E-state index is 13.0. The number of aliphatic hydroxyl groups is 1. The van der Waals surface area contributed by atoms with Gasteiger partial charge in [-0.15, -0.1) is 0 Å². The molecule has 1 aliphatic rings. The predicted molar refractivity (Wildman–Crippen MR) is 153 cm³/mol. The van der Waals surface area contributed by atoms with Gasteiger partial charge >= 0.3 is 6.09 Å². The number of aliphatic hydroxyl groups excluding tert-OH is 1. The second-order valence-electron chi connectivity index (χ2n) is 11.5. The van der Waals surface area contributed by atoms with Crippen molar-refractivity contribution in [1.29, 1.82) is 0 Å². The fraction of sp³-hybridized carbons (Fsp3) is 0.483. The van der Waals surface area contributed by atoms with E-state index in [-0.39, 0.29) is 23.5 Å². The molecule has 3 rings (SSSR count). The highest BCUT2D eigenvalue weighted by Gasteiger charge is 2.41. The molecule has 0 aromatic heterocycles. The van der Waals surface area contributed by atoms with Crippen molar-refractivity contribution in [2.45, 2.75) is 71.6 Å². The van der Waals surface area contributed by atoms with E-state index in [9.17, 15) is 19.5 Å². The summed E-state index contributed by atoms with van der Waals surface area (Å²) in [6, 6.07) is 13.5. The molecule has 3 atom stereocenters. The third-order valence-electron chi connectivity index (χ3n) is 7.63. The summed E-state index contributed by atoms with van der Waals surface area (Å²) in [4.78, 5) is 39.4. The summed E-state index contributed by atoms with van der Waals surface area (Å²) in [6.45, 7) is 14.7. The molecule has 0 spiro atoms. The zero-order valence-corrected chi connectivity index (χ0v) is 24.9. The van der Waals surface area contributed by atoms with Crippen LogP contribution in [0.25, 0.3) is 0 Å². The number of anilines is 1. The van der Waals surface area contributed by atoms with Gasteiger partial charge in [-0.05, 0) is 47.5 Å². The summed E-state index contributed by atoms with van der Waals surface area (Å²) in [6.07, 6.45) is -1.83. The molecule has 10 heteroatoms. The molecule has 3 unspecified atom stereocenters. The molecule has 0 bridgehead atoms. The molecule has 0 saturated carbocycles. The molecule has 0 saturated heterocycles. The van der Waals surface area contributed by atoms with Gasteiger partial charge < -0.3 is 24.9 Å². The number of amides is 3. The summed E-state index contributed by atoms with van der Waals surface area (Å²) in [5.41, 5.74) is 2.19. The van der Waals surface area contributed by atoms with Gasteiger partial charge in [0.05, 0.1) is 18.3 Å². The lowest BCUT2D eigenvalue weighted by Gasteiger charge is -2.42. The lowest BCUT2D eigenvalue weighted by atomic mass is 9.85. The third kappa shape index (κ3) is 7.26. The summed E-state index contributed by atoms with van der Waals surface area (Å²) in [5.74, 6) is -1.21. The molecule has 0 fully saturated rings. The summed E-state index contributed by atoms with van der Waals surface area (Å²) < 4.78 is 11.5. The Kier molecular flexibility index (Phi) is 9.58. The van der Waals surface area contributed by atoms with Crippen molar-refractivity contribution >= 4 is 31.9 Å². The smallest absolute Gasteiger partial charge is 0.407 e. The molecule has 1 aliphatic heterocycles. The van der Waals surface area contributed by atoms with E-state index in [1.807, 2.05) is 30.3 Å². The number of hydrogen-bond donors (Lipinski definition) is 3. The first kappa shape index (κ1) is 30.3. The molecule has 39 heavy (non-hydrogen) atoms. The molecule has 2 aromatic rings. The Bertz CT molecular complexity index is 1180. The summed E-state index contributed by atoms with van der Waals surface area (Å²) >= 11 is 0. The Morgan fingerprint density at radius 3 is 2.36 bits per heavy atom. The SMILES string of the molecule is CC(=O)N1c2ccc(C(=O)NCCO[Si](C)(C)C(C)(C)C)cc2C(NC(=O)OCc2ccccc2)C(C)C1O. The Labute approximate surface area is 232 Å². The number of carbonyl (C=O) groups excluding carboxylic acids is 3. The van der Waals surface area contributed by atoms with Crippen molar-refractivity contribution in [3.63, 3.8) is 0 Å². The van der Waals surface area contributed by atoms with Crippen LogP contribution < -0.4 is 15.5 Å². The van der Waals surface area contributed by atoms with Gasteiger partial charge in [-0.1, -0.05) is 58.0 Å². The Balaban J connectivity index is 1.76. The van der Waals surface area contributed by atoms with Gasteiger partial charge in [-0.3, -0.25) is 14.5 Å². The highest BCUT2D eigenvalue weighted by molar-refractivity contribution is 6.74. The van der Waals surface area contributed by atoms with Gasteiger partial charge in [0.25, 0.3) is 5.91 Å². The molecule has 3 N–H and O–H groups in total. The van der Waals surface area contributed by atoms with Crippen molar-refractivity contribution in [2.75, 3.05) is 18.1 Å². The highest BCUT2D eigenvalue weighted by Crippen LogP contribution is 2.41. The molecular formula is C29H41N3O6Si. The first-order valence-electron chi connectivity index (χ1n) is 13.2. The molecular weight excluding hydrogens is 514 g/mol. The number of nitrogens with one attached hydrogen (secondary N) is 2. The van der Waals surface area contributed by atoms with Gasteiger partial charge in [-0.25, -0.2) is 4.79 Å². The highest BCUT2D eigenvalue weighted by atomic mass is 28.4. The van der Waals surface area contributed by atoms with Crippen molar-refractivity contribution < 1.29 is 28.7 Å². The Hall–Kier alpha value is -3.21. The second-order valence-corrected chi connectivity index (χ2v) is 16.3. The van der Waals surface area contributed by atoms with Gasteiger partial charge in [0.15, 0.2) is 8.32 Å². The van der Waals surface area contributed by atoms with Crippen LogP contribution in [0, 0.1) is 5.92 Å². The minimum Gasteiger partial charge on any atom is -0.445 e. The first-order chi connectivity index (χ1) is 18.2. The molecule has 212 valence electrons. The van der Waals surface area contributed by atoms with E-state index in [1.165, 1.54) is 11.8 Å². The van der Waals surface area contributed by atoms with E-state index in [2.05, 4.69) is 44.5 Å². The van der Waals surface area contributed by atoms with Crippen LogP contribution in [0.4, 0.5) is 10.5 Å². The zero-order valence-electron chi connectivity index (χ0n) is 23.9. The number of carbonyl (C=O) groups is 3. The zero-order chi connectivity index (χ0) is 29.0. The lowest BCUT2D eigenvalue weighted by Crippen LogP contribution is -2.52. The minimum absolute atomic E-state index is 0.0730.